The molecule has 0 saturated carbocycles. The molecule has 1 aromatic heterocycles. The van der Waals surface area contributed by atoms with Gasteiger partial charge in [0.2, 0.25) is 11.8 Å². The molecule has 4 aromatic rings. The lowest BCUT2D eigenvalue weighted by molar-refractivity contribution is -0.386. The van der Waals surface area contributed by atoms with E-state index in [-0.39, 0.29) is 41.9 Å². The van der Waals surface area contributed by atoms with Crippen LogP contribution in [-0.2, 0) is 27.1 Å². The molecule has 0 aliphatic carbocycles. The molecule has 0 radical (unpaired) electrons. The van der Waals surface area contributed by atoms with Gasteiger partial charge in [0, 0.05) is 61.9 Å². The zero-order chi connectivity index (χ0) is 38.8. The van der Waals surface area contributed by atoms with Crippen molar-refractivity contribution in [3.05, 3.63) is 113 Å². The van der Waals surface area contributed by atoms with Gasteiger partial charge in [0.05, 0.1) is 6.04 Å². The molecule has 0 unspecified atom stereocenters. The molecule has 1 saturated heterocycles. The summed E-state index contributed by atoms with van der Waals surface area (Å²) in [6.07, 6.45) is 2.12. The number of aryl methyl sites for hydroxylation is 1. The molecule has 296 valence electrons. The van der Waals surface area contributed by atoms with Crippen LogP contribution in [0.15, 0.2) is 83.4 Å². The maximum atomic E-state index is 14.1. The number of carbonyl (C=O) groups is 3. The van der Waals surface area contributed by atoms with Crippen molar-refractivity contribution < 1.29 is 34.1 Å². The fourth-order valence-corrected chi connectivity index (χ4v) is 6.28. The van der Waals surface area contributed by atoms with Crippen LogP contribution < -0.4 is 20.9 Å². The lowest BCUT2D eigenvalue weighted by Gasteiger charge is -2.45. The van der Waals surface area contributed by atoms with Crippen molar-refractivity contribution in [2.24, 2.45) is 5.92 Å². The first kappa shape index (κ1) is 40.3. The van der Waals surface area contributed by atoms with Gasteiger partial charge in [-0.2, -0.15) is 4.98 Å². The van der Waals surface area contributed by atoms with Gasteiger partial charge in [-0.25, -0.2) is 0 Å². The summed E-state index contributed by atoms with van der Waals surface area (Å²) in [5, 5.41) is 13.5. The number of aromatic nitrogens is 2. The van der Waals surface area contributed by atoms with Crippen molar-refractivity contribution in [3.8, 4) is 0 Å². The first-order chi connectivity index (χ1) is 25.9. The van der Waals surface area contributed by atoms with E-state index in [1.54, 1.807) is 36.9 Å². The number of anilines is 1. The molecule has 1 fully saturated rings. The van der Waals surface area contributed by atoms with Crippen LogP contribution in [0.3, 0.4) is 0 Å². The summed E-state index contributed by atoms with van der Waals surface area (Å²) in [6.45, 7) is 12.0. The number of hydrogen-bond donors (Lipinski definition) is 3. The summed E-state index contributed by atoms with van der Waals surface area (Å²) < 4.78 is 16.8. The smallest absolute Gasteiger partial charge is 0.252 e. The van der Waals surface area contributed by atoms with Crippen LogP contribution in [0.4, 0.5) is 5.69 Å². The van der Waals surface area contributed by atoms with Gasteiger partial charge in [0.15, 0.2) is 18.4 Å². The van der Waals surface area contributed by atoms with Crippen LogP contribution in [0.2, 0.25) is 0 Å². The number of carbonyl (C=O) groups excluding carboxylic acids is 3. The lowest BCUT2D eigenvalue weighted by atomic mass is 9.93. The molecule has 12 nitrogen and oxygen atoms in total. The quantitative estimate of drug-likeness (QED) is 0.0834. The van der Waals surface area contributed by atoms with E-state index in [1.807, 2.05) is 76.3 Å². The summed E-state index contributed by atoms with van der Waals surface area (Å²) in [5.74, 6) is -0.497. The van der Waals surface area contributed by atoms with E-state index in [4.69, 9.17) is 14.0 Å². The van der Waals surface area contributed by atoms with E-state index in [0.29, 0.717) is 60.8 Å². The molecule has 1 aliphatic rings. The van der Waals surface area contributed by atoms with E-state index < -0.39 is 24.0 Å². The molecular formula is C42H62N6O6. The summed E-state index contributed by atoms with van der Waals surface area (Å²) >= 11 is 0. The van der Waals surface area contributed by atoms with Gasteiger partial charge in [-0.05, 0) is 60.9 Å². The average Bonchev–Trinajstić information content (AvgIpc) is 3.65. The number of benzene rings is 3. The predicted octanol–water partition coefficient (Wildman–Crippen LogP) is 7.33. The number of rotatable bonds is 19. The molecule has 3 aromatic carbocycles. The summed E-state index contributed by atoms with van der Waals surface area (Å²) in [6, 6.07) is 23.7. The van der Waals surface area contributed by atoms with Crippen molar-refractivity contribution in [1.29, 1.82) is 0 Å². The van der Waals surface area contributed by atoms with Crippen LogP contribution in [-0.4, -0.2) is 66.1 Å². The summed E-state index contributed by atoms with van der Waals surface area (Å²) in [7, 11) is 1.81. The van der Waals surface area contributed by atoms with Crippen LogP contribution in [0.5, 0.6) is 0 Å². The van der Waals surface area contributed by atoms with Gasteiger partial charge in [-0.1, -0.05) is 93.5 Å². The maximum Gasteiger partial charge on any atom is 0.252 e. The molecule has 54 heavy (non-hydrogen) atoms. The van der Waals surface area contributed by atoms with Crippen LogP contribution in [0.1, 0.15) is 116 Å². The normalized spacial score (nSPS) is 15.8. The minimum absolute atomic E-state index is 0. The third kappa shape index (κ3) is 10.4. The average molecular weight is 747 g/mol. The highest BCUT2D eigenvalue weighted by atomic mass is 16.9. The highest BCUT2D eigenvalue weighted by Gasteiger charge is 2.40. The number of amides is 2. The van der Waals surface area contributed by atoms with Crippen molar-refractivity contribution >= 4 is 23.3 Å². The first-order valence-corrected chi connectivity index (χ1v) is 18.8. The van der Waals surface area contributed by atoms with Crippen molar-refractivity contribution in [1.82, 2.24) is 26.1 Å². The van der Waals surface area contributed by atoms with Crippen LogP contribution >= 0.6 is 0 Å². The van der Waals surface area contributed by atoms with E-state index >= 15 is 0 Å². The Bertz CT molecular complexity index is 1870. The number of ether oxygens (including phenoxy) is 2. The monoisotopic (exact) mass is 746 g/mol. The zero-order valence-corrected chi connectivity index (χ0v) is 32.4. The predicted molar refractivity (Wildman–Crippen MR) is 215 cm³/mol. The van der Waals surface area contributed by atoms with Crippen LogP contribution in [0.25, 0.3) is 0 Å². The minimum Gasteiger partial charge on any atom is -0.348 e. The number of nitrogens with one attached hydrogen (secondary N) is 3. The topological polar surface area (TPSA) is 148 Å². The molecule has 3 N–H and O–H groups in total. The Hall–Kier alpha value is -4.91. The molecule has 4 atom stereocenters. The molecule has 2 amide bonds. The van der Waals surface area contributed by atoms with Crippen LogP contribution in [0, 0.1) is 5.92 Å². The molecule has 12 heteroatoms. The van der Waals surface area contributed by atoms with E-state index in [2.05, 4.69) is 45.1 Å². The molecule has 5 rings (SSSR count). The lowest BCUT2D eigenvalue weighted by Crippen LogP contribution is -2.56. The summed E-state index contributed by atoms with van der Waals surface area (Å²) in [4.78, 5) is 47.5. The SMILES string of the molecule is CCc1noc([C@@H](NC(=O)[C@H](C)NC[C@H](Cc2ccccc2)NC(=O)c2cc(C(=O)CC[C@H](C)c3ccccc3)cc(N(C)C3(C)OCO3)c2)C(C)C)n1.[HH].[HH].[HH].[HH]. The molecule has 2 heterocycles. The standard InChI is InChI=1S/C42H54N6O6.4H2/c1-8-37-45-41(54-47-37)38(27(2)3)46-39(50)29(5)43-25-34(21-30-15-11-9-12-16-30)44-40(51)33-22-32(23-35(24-33)48(7)42(6)52-26-53-42)36(49)20-19-28(4)31-17-13-10-14-18-31;;;;/h9-18,22-24,27-29,34,38,43H,8,19-21,25-26H2,1-7H3,(H,44,51)(H,46,50);4*1H/t28-,29-,34-,38-;;;;/m0..../s1. The maximum absolute atomic E-state index is 14.1. The fourth-order valence-electron chi connectivity index (χ4n) is 6.28. The number of nitrogens with zero attached hydrogens (tertiary/aromatic N) is 3. The first-order valence-electron chi connectivity index (χ1n) is 18.8. The second-order valence-corrected chi connectivity index (χ2v) is 14.5. The highest BCUT2D eigenvalue weighted by molar-refractivity contribution is 6.02. The molecule has 1 aliphatic heterocycles. The zero-order valence-electron chi connectivity index (χ0n) is 32.4. The summed E-state index contributed by atoms with van der Waals surface area (Å²) in [5.41, 5.74) is 3.57. The second-order valence-electron chi connectivity index (χ2n) is 14.5. The number of ketones is 1. The Balaban J connectivity index is 0.00000420. The fraction of sp³-hybridized carbons (Fsp3) is 0.452. The van der Waals surface area contributed by atoms with Crippen molar-refractivity contribution in [2.75, 3.05) is 25.3 Å². The third-order valence-electron chi connectivity index (χ3n) is 10.1. The van der Waals surface area contributed by atoms with Crippen molar-refractivity contribution in [3.63, 3.8) is 0 Å². The molecular weight excluding hydrogens is 684 g/mol. The van der Waals surface area contributed by atoms with Gasteiger partial charge < -0.3 is 34.8 Å². The van der Waals surface area contributed by atoms with E-state index in [9.17, 15) is 14.4 Å². The Morgan fingerprint density at radius 3 is 2.20 bits per heavy atom. The minimum atomic E-state index is -1.02. The Morgan fingerprint density at radius 1 is 0.926 bits per heavy atom. The largest absolute Gasteiger partial charge is 0.348 e. The van der Waals surface area contributed by atoms with E-state index in [0.717, 1.165) is 5.56 Å². The van der Waals surface area contributed by atoms with Gasteiger partial charge in [-0.3, -0.25) is 14.4 Å². The van der Waals surface area contributed by atoms with Gasteiger partial charge in [0.25, 0.3) is 11.8 Å². The Kier molecular flexibility index (Phi) is 13.7. The van der Waals surface area contributed by atoms with Crippen molar-refractivity contribution in [2.45, 2.75) is 97.2 Å². The Labute approximate surface area is 324 Å². The third-order valence-corrected chi connectivity index (χ3v) is 10.1. The van der Waals surface area contributed by atoms with Gasteiger partial charge >= 0.3 is 0 Å². The highest BCUT2D eigenvalue weighted by Crippen LogP contribution is 2.32. The van der Waals surface area contributed by atoms with E-state index in [1.165, 1.54) is 5.56 Å². The molecule has 0 spiro atoms. The number of hydrogen-bond acceptors (Lipinski definition) is 10. The van der Waals surface area contributed by atoms with Gasteiger partial charge in [-0.15, -0.1) is 0 Å². The second kappa shape index (κ2) is 18.4. The van der Waals surface area contributed by atoms with Gasteiger partial charge in [0.1, 0.15) is 6.04 Å². The Morgan fingerprint density at radius 2 is 1.59 bits per heavy atom. The molecule has 0 bridgehead atoms. The number of Topliss-reactive ketones (excluding diaryl/α,β-unsaturated/α-hetero) is 1.